The highest BCUT2D eigenvalue weighted by atomic mass is 19.1. The molecule has 1 N–H and O–H groups in total. The van der Waals surface area contributed by atoms with E-state index in [0.29, 0.717) is 50.5 Å². The number of carbonyl (C=O) groups excluding carboxylic acids is 3. The van der Waals surface area contributed by atoms with E-state index in [2.05, 4.69) is 27.9 Å². The molecular formula is C34H49FN6O4. The molecule has 0 unspecified atom stereocenters. The van der Waals surface area contributed by atoms with Gasteiger partial charge in [0.1, 0.15) is 16.9 Å². The molecule has 0 bridgehead atoms. The number of carbonyl (C=O) groups is 3. The van der Waals surface area contributed by atoms with Crippen molar-refractivity contribution in [1.82, 2.24) is 24.7 Å². The quantitative estimate of drug-likeness (QED) is 0.439. The average Bonchev–Trinajstić information content (AvgIpc) is 3.36. The van der Waals surface area contributed by atoms with E-state index in [1.807, 2.05) is 26.8 Å². The van der Waals surface area contributed by atoms with E-state index < -0.39 is 17.3 Å². The zero-order valence-electron chi connectivity index (χ0n) is 27.4. The van der Waals surface area contributed by atoms with Crippen molar-refractivity contribution in [3.8, 4) is 0 Å². The van der Waals surface area contributed by atoms with E-state index >= 15 is 4.39 Å². The third-order valence-electron chi connectivity index (χ3n) is 10.6. The normalized spacial score (nSPS) is 23.0. The maximum atomic E-state index is 15.9. The van der Waals surface area contributed by atoms with Crippen molar-refractivity contribution >= 4 is 34.8 Å². The molecule has 246 valence electrons. The lowest BCUT2D eigenvalue weighted by molar-refractivity contribution is -0.120. The minimum Gasteiger partial charge on any atom is -0.444 e. The molecule has 6 rings (SSSR count). The van der Waals surface area contributed by atoms with E-state index in [9.17, 15) is 14.4 Å². The van der Waals surface area contributed by atoms with Crippen molar-refractivity contribution in [3.63, 3.8) is 0 Å². The predicted molar refractivity (Wildman–Crippen MR) is 171 cm³/mol. The molecule has 45 heavy (non-hydrogen) atoms. The van der Waals surface area contributed by atoms with Crippen LogP contribution in [0, 0.1) is 5.41 Å². The van der Waals surface area contributed by atoms with Crippen LogP contribution >= 0.6 is 0 Å². The van der Waals surface area contributed by atoms with Gasteiger partial charge in [-0.3, -0.25) is 15.0 Å². The van der Waals surface area contributed by atoms with Crippen LogP contribution in [0.2, 0.25) is 0 Å². The lowest BCUT2D eigenvalue weighted by Gasteiger charge is -2.48. The number of nitrogens with one attached hydrogen (secondary N) is 1. The number of hydrogen-bond donors (Lipinski definition) is 1. The number of anilines is 1. The Labute approximate surface area is 265 Å². The number of piperidine rings is 2. The van der Waals surface area contributed by atoms with Crippen LogP contribution in [0.3, 0.4) is 0 Å². The number of rotatable bonds is 5. The Hall–Kier alpha value is -3.21. The number of hydrogen-bond acceptors (Lipinski definition) is 6. The number of aromatic nitrogens is 2. The first kappa shape index (κ1) is 31.8. The summed E-state index contributed by atoms with van der Waals surface area (Å²) in [7, 11) is 0. The molecule has 0 radical (unpaired) electrons. The van der Waals surface area contributed by atoms with Gasteiger partial charge in [-0.25, -0.2) is 19.0 Å². The van der Waals surface area contributed by atoms with Gasteiger partial charge in [0.2, 0.25) is 5.91 Å². The van der Waals surface area contributed by atoms with Crippen LogP contribution in [-0.4, -0.2) is 87.9 Å². The second-order valence-corrected chi connectivity index (χ2v) is 14.9. The molecule has 1 saturated carbocycles. The van der Waals surface area contributed by atoms with Crippen LogP contribution in [0.15, 0.2) is 18.5 Å². The van der Waals surface area contributed by atoms with Crippen molar-refractivity contribution < 1.29 is 23.5 Å². The van der Waals surface area contributed by atoms with Crippen molar-refractivity contribution in [2.75, 3.05) is 44.2 Å². The molecule has 1 aliphatic carbocycles. The summed E-state index contributed by atoms with van der Waals surface area (Å²) in [4.78, 5) is 46.9. The number of amides is 4. The van der Waals surface area contributed by atoms with Crippen LogP contribution in [0.5, 0.6) is 0 Å². The first-order valence-corrected chi connectivity index (χ1v) is 16.9. The molecule has 2 aromatic rings. The highest BCUT2D eigenvalue weighted by Crippen LogP contribution is 2.48. The molecule has 0 aromatic carbocycles. The summed E-state index contributed by atoms with van der Waals surface area (Å²) in [6.07, 6.45) is 12.3. The summed E-state index contributed by atoms with van der Waals surface area (Å²) in [6.45, 7) is 11.2. The maximum Gasteiger partial charge on any atom is 0.410 e. The van der Waals surface area contributed by atoms with Crippen LogP contribution in [0.1, 0.15) is 97.1 Å². The van der Waals surface area contributed by atoms with Crippen LogP contribution in [-0.2, 0) is 16.0 Å². The lowest BCUT2D eigenvalue weighted by Crippen LogP contribution is -2.52. The number of imide groups is 1. The van der Waals surface area contributed by atoms with Crippen molar-refractivity contribution in [2.24, 2.45) is 5.41 Å². The van der Waals surface area contributed by atoms with Gasteiger partial charge in [0.05, 0.1) is 11.9 Å². The first-order chi connectivity index (χ1) is 21.4. The average molecular weight is 625 g/mol. The Morgan fingerprint density at radius 1 is 1.04 bits per heavy atom. The Morgan fingerprint density at radius 2 is 1.73 bits per heavy atom. The van der Waals surface area contributed by atoms with Crippen molar-refractivity contribution in [1.29, 1.82) is 0 Å². The smallest absolute Gasteiger partial charge is 0.410 e. The van der Waals surface area contributed by atoms with Gasteiger partial charge < -0.3 is 19.1 Å². The molecule has 2 aromatic heterocycles. The first-order valence-electron chi connectivity index (χ1n) is 16.9. The van der Waals surface area contributed by atoms with E-state index in [1.165, 1.54) is 5.56 Å². The van der Waals surface area contributed by atoms with E-state index in [1.54, 1.807) is 16.0 Å². The van der Waals surface area contributed by atoms with Crippen LogP contribution in [0.4, 0.5) is 19.7 Å². The third-order valence-corrected chi connectivity index (χ3v) is 10.6. The number of likely N-dealkylation sites (tertiary alicyclic amines) is 2. The molecule has 10 nitrogen and oxygen atoms in total. The fourth-order valence-electron chi connectivity index (χ4n) is 7.86. The Balaban J connectivity index is 1.03. The summed E-state index contributed by atoms with van der Waals surface area (Å²) in [6, 6.07) is 2.04. The molecule has 11 heteroatoms. The van der Waals surface area contributed by atoms with Crippen molar-refractivity contribution in [2.45, 2.75) is 109 Å². The zero-order chi connectivity index (χ0) is 32.0. The minimum atomic E-state index is -1.25. The minimum absolute atomic E-state index is 0.241. The van der Waals surface area contributed by atoms with Gasteiger partial charge in [0, 0.05) is 63.1 Å². The van der Waals surface area contributed by atoms with Crippen molar-refractivity contribution in [3.05, 3.63) is 24.0 Å². The highest BCUT2D eigenvalue weighted by Gasteiger charge is 2.43. The monoisotopic (exact) mass is 624 g/mol. The Bertz CT molecular complexity index is 1420. The van der Waals surface area contributed by atoms with Gasteiger partial charge >= 0.3 is 12.1 Å². The van der Waals surface area contributed by atoms with Gasteiger partial charge in [-0.2, -0.15) is 0 Å². The lowest BCUT2D eigenvalue weighted by atomic mass is 9.67. The molecule has 0 atom stereocenters. The van der Waals surface area contributed by atoms with E-state index in [-0.39, 0.29) is 18.4 Å². The summed E-state index contributed by atoms with van der Waals surface area (Å²) in [5.74, 6) is -0.241. The molecule has 3 saturated heterocycles. The predicted octanol–water partition coefficient (Wildman–Crippen LogP) is 5.98. The standard InChI is InChI=1S/C34H49FN6O4/c1-5-24-22-41(29-27(24)20-26(21-36-29)40-15-8-28(42)37-30(40)43)25-6-9-33(10-7-25)11-16-38(17-12-33)23-34(35)13-18-39(19-14-34)31(44)45-32(2,3)4/h20-22,25H,5-19,23H2,1-4H3,(H,37,42,43). The summed E-state index contributed by atoms with van der Waals surface area (Å²) < 4.78 is 23.7. The van der Waals surface area contributed by atoms with Crippen LogP contribution < -0.4 is 10.2 Å². The Morgan fingerprint density at radius 3 is 2.36 bits per heavy atom. The SMILES string of the molecule is CCc1cn(C2CCC3(CC2)CCN(CC2(F)CCN(C(=O)OC(C)(C)C)CC2)CC3)c2ncc(N3CCC(=O)NC3=O)cc12. The fraction of sp³-hybridized carbons (Fsp3) is 0.706. The fourth-order valence-corrected chi connectivity index (χ4v) is 7.86. The third kappa shape index (κ3) is 6.83. The number of alkyl halides is 1. The topological polar surface area (TPSA) is 100 Å². The number of fused-ring (bicyclic) bond motifs is 1. The molecule has 3 aliphatic heterocycles. The van der Waals surface area contributed by atoms with E-state index in [0.717, 1.165) is 74.8 Å². The molecular weight excluding hydrogens is 575 g/mol. The largest absolute Gasteiger partial charge is 0.444 e. The van der Waals surface area contributed by atoms with Gasteiger partial charge in [-0.1, -0.05) is 6.92 Å². The van der Waals surface area contributed by atoms with Gasteiger partial charge in [-0.15, -0.1) is 0 Å². The summed E-state index contributed by atoms with van der Waals surface area (Å²) in [5.41, 5.74) is 1.43. The number of halogens is 1. The van der Waals surface area contributed by atoms with Gasteiger partial charge in [0.25, 0.3) is 0 Å². The number of urea groups is 1. The van der Waals surface area contributed by atoms with Gasteiger partial charge in [-0.05, 0) is 95.9 Å². The van der Waals surface area contributed by atoms with Gasteiger partial charge in [0.15, 0.2) is 0 Å². The molecule has 4 amide bonds. The second-order valence-electron chi connectivity index (χ2n) is 14.9. The number of pyridine rings is 1. The second kappa shape index (κ2) is 12.2. The summed E-state index contributed by atoms with van der Waals surface area (Å²) in [5, 5.41) is 3.48. The molecule has 5 heterocycles. The zero-order valence-corrected chi connectivity index (χ0v) is 27.4. The number of ether oxygens (including phenoxy) is 1. The molecule has 1 spiro atoms. The number of nitrogens with zero attached hydrogens (tertiary/aromatic N) is 5. The molecule has 4 aliphatic rings. The number of aryl methyl sites for hydroxylation is 1. The van der Waals surface area contributed by atoms with Crippen LogP contribution in [0.25, 0.3) is 11.0 Å². The summed E-state index contributed by atoms with van der Waals surface area (Å²) >= 11 is 0. The maximum absolute atomic E-state index is 15.9. The highest BCUT2D eigenvalue weighted by molar-refractivity contribution is 6.06. The molecule has 4 fully saturated rings. The Kier molecular flexibility index (Phi) is 8.60. The van der Waals surface area contributed by atoms with E-state index in [4.69, 9.17) is 9.72 Å².